The molecule has 0 bridgehead atoms. The zero-order valence-electron chi connectivity index (χ0n) is 25.9. The maximum atomic E-state index is 14.0. The number of amides is 1. The third-order valence-electron chi connectivity index (χ3n) is 8.47. The number of esters is 1. The number of carbonyl (C=O) groups is 2. The predicted octanol–water partition coefficient (Wildman–Crippen LogP) is 4.44. The molecule has 5 heterocycles. The van der Waals surface area contributed by atoms with Gasteiger partial charge in [0.15, 0.2) is 5.65 Å². The first kappa shape index (κ1) is 32.6. The van der Waals surface area contributed by atoms with Crippen LogP contribution in [0.5, 0.6) is 5.75 Å². The number of alkyl halides is 2. The van der Waals surface area contributed by atoms with Crippen LogP contribution in [0.1, 0.15) is 26.7 Å². The number of benzene rings is 1. The van der Waals surface area contributed by atoms with Crippen molar-refractivity contribution in [2.45, 2.75) is 46.0 Å². The summed E-state index contributed by atoms with van der Waals surface area (Å²) in [5, 5.41) is 12.5. The Morgan fingerprint density at radius 2 is 2.02 bits per heavy atom. The molecule has 0 saturated carbocycles. The number of carbonyl (C=O) groups excluding carboxylic acids is 2. The van der Waals surface area contributed by atoms with Crippen LogP contribution in [0, 0.1) is 5.41 Å². The molecule has 6 rings (SSSR count). The molecule has 0 radical (unpaired) electrons. The van der Waals surface area contributed by atoms with Crippen molar-refractivity contribution < 1.29 is 32.6 Å². The summed E-state index contributed by atoms with van der Waals surface area (Å²) in [6, 6.07) is 6.00. The highest BCUT2D eigenvalue weighted by atomic mass is 35.5. The van der Waals surface area contributed by atoms with Crippen molar-refractivity contribution in [3.05, 3.63) is 54.1 Å². The fraction of sp³-hybridized carbons (Fsp3) is 0.452. The van der Waals surface area contributed by atoms with E-state index >= 15 is 0 Å². The number of ether oxygens (including phenoxy) is 3. The Morgan fingerprint density at radius 1 is 1.21 bits per heavy atom. The van der Waals surface area contributed by atoms with Gasteiger partial charge in [0.2, 0.25) is 5.91 Å². The molecule has 1 N–H and O–H groups in total. The first-order valence-corrected chi connectivity index (χ1v) is 15.7. The Balaban J connectivity index is 1.33. The highest BCUT2D eigenvalue weighted by Crippen LogP contribution is 2.40. The summed E-state index contributed by atoms with van der Waals surface area (Å²) < 4.78 is 45.6. The van der Waals surface area contributed by atoms with Gasteiger partial charge in [-0.15, -0.1) is 0 Å². The van der Waals surface area contributed by atoms with Gasteiger partial charge in [-0.1, -0.05) is 11.6 Å². The zero-order valence-corrected chi connectivity index (χ0v) is 26.7. The topological polar surface area (TPSA) is 128 Å². The third kappa shape index (κ3) is 7.01. The Morgan fingerprint density at radius 3 is 2.79 bits per heavy atom. The van der Waals surface area contributed by atoms with Crippen molar-refractivity contribution in [3.63, 3.8) is 0 Å². The van der Waals surface area contributed by atoms with Crippen molar-refractivity contribution in [2.75, 3.05) is 44.8 Å². The smallest absolute Gasteiger partial charge is 0.387 e. The van der Waals surface area contributed by atoms with Crippen LogP contribution < -0.4 is 10.1 Å². The van der Waals surface area contributed by atoms with Crippen LogP contribution in [0.25, 0.3) is 16.9 Å². The van der Waals surface area contributed by atoms with Crippen LogP contribution in [0.4, 0.5) is 20.2 Å². The molecule has 2 saturated heterocycles. The number of aromatic nitrogens is 5. The molecule has 2 fully saturated rings. The van der Waals surface area contributed by atoms with E-state index in [1.165, 1.54) is 22.9 Å². The van der Waals surface area contributed by atoms with Crippen LogP contribution in [0.15, 0.2) is 49.1 Å². The summed E-state index contributed by atoms with van der Waals surface area (Å²) in [6.07, 6.45) is 7.03. The molecule has 3 aromatic heterocycles. The number of rotatable bonds is 10. The first-order chi connectivity index (χ1) is 22.6. The summed E-state index contributed by atoms with van der Waals surface area (Å²) >= 11 is 6.30. The van der Waals surface area contributed by atoms with Gasteiger partial charge in [-0.2, -0.15) is 19.0 Å². The molecule has 2 aliphatic heterocycles. The number of morpholine rings is 1. The highest BCUT2D eigenvalue weighted by Gasteiger charge is 2.46. The minimum atomic E-state index is -3.09. The van der Waals surface area contributed by atoms with Gasteiger partial charge in [-0.3, -0.25) is 19.2 Å². The van der Waals surface area contributed by atoms with Crippen molar-refractivity contribution in [2.24, 2.45) is 5.41 Å². The number of nitrogens with one attached hydrogen (secondary N) is 1. The zero-order chi connectivity index (χ0) is 33.1. The summed E-state index contributed by atoms with van der Waals surface area (Å²) in [6.45, 7) is 3.30. The van der Waals surface area contributed by atoms with Gasteiger partial charge in [0.25, 0.3) is 0 Å². The van der Waals surface area contributed by atoms with Gasteiger partial charge in [0, 0.05) is 48.8 Å². The average Bonchev–Trinajstić information content (AvgIpc) is 3.66. The molecular formula is C31H35ClF2N8O5. The Bertz CT molecular complexity index is 1750. The van der Waals surface area contributed by atoms with Crippen LogP contribution in [0.3, 0.4) is 0 Å². The standard InChI is InChI=1S/C31H35ClF2N8O5/c1-3-46-29(44)31(2)7-10-41(25(16-31)39-11-13-45-14-12-39)26(43)19-40-18-23(37-22-17-36-42-9-4-8-35-28(22)42)27(38-40)21-15-20(32)5-6-24(21)47-30(33)34/h4-6,8-9,15,17-18,25,30,37H,3,7,10-14,16,19H2,1-2H3. The van der Waals surface area contributed by atoms with Crippen LogP contribution in [-0.4, -0.2) is 98.3 Å². The minimum Gasteiger partial charge on any atom is -0.466 e. The fourth-order valence-electron chi connectivity index (χ4n) is 6.08. The number of nitrogens with zero attached hydrogens (tertiary/aromatic N) is 7. The van der Waals surface area contributed by atoms with Crippen molar-refractivity contribution in [3.8, 4) is 17.0 Å². The van der Waals surface area contributed by atoms with Crippen LogP contribution >= 0.6 is 11.6 Å². The maximum Gasteiger partial charge on any atom is 0.387 e. The van der Waals surface area contributed by atoms with Crippen molar-refractivity contribution >= 4 is 40.5 Å². The van der Waals surface area contributed by atoms with Gasteiger partial charge >= 0.3 is 12.6 Å². The van der Waals surface area contributed by atoms with Gasteiger partial charge in [0.1, 0.15) is 23.7 Å². The number of fused-ring (bicyclic) bond motifs is 1. The van der Waals surface area contributed by atoms with E-state index in [9.17, 15) is 18.4 Å². The molecule has 0 aliphatic carbocycles. The van der Waals surface area contributed by atoms with E-state index in [1.807, 2.05) is 6.92 Å². The molecule has 47 heavy (non-hydrogen) atoms. The van der Waals surface area contributed by atoms with E-state index in [2.05, 4.69) is 25.4 Å². The predicted molar refractivity (Wildman–Crippen MR) is 167 cm³/mol. The Hall–Kier alpha value is -4.34. The number of hydrogen-bond donors (Lipinski definition) is 1. The Kier molecular flexibility index (Phi) is 9.57. The largest absolute Gasteiger partial charge is 0.466 e. The lowest BCUT2D eigenvalue weighted by Crippen LogP contribution is -2.60. The lowest BCUT2D eigenvalue weighted by molar-refractivity contribution is -0.167. The van der Waals surface area contributed by atoms with Crippen molar-refractivity contribution in [1.29, 1.82) is 0 Å². The van der Waals surface area contributed by atoms with Gasteiger partial charge in [0.05, 0.1) is 43.3 Å². The van der Waals surface area contributed by atoms with Crippen LogP contribution in [0.2, 0.25) is 5.02 Å². The summed E-state index contributed by atoms with van der Waals surface area (Å²) in [5.41, 5.74) is 1.11. The highest BCUT2D eigenvalue weighted by molar-refractivity contribution is 6.31. The second-order valence-corrected chi connectivity index (χ2v) is 12.1. The lowest BCUT2D eigenvalue weighted by Gasteiger charge is -2.48. The van der Waals surface area contributed by atoms with E-state index in [1.54, 1.807) is 47.2 Å². The molecule has 2 unspecified atom stereocenters. The number of likely N-dealkylation sites (tertiary alicyclic amines) is 1. The van der Waals surface area contributed by atoms with Crippen molar-refractivity contribution in [1.82, 2.24) is 34.2 Å². The second-order valence-electron chi connectivity index (χ2n) is 11.6. The molecule has 250 valence electrons. The lowest BCUT2D eigenvalue weighted by atomic mass is 9.78. The van der Waals surface area contributed by atoms with Gasteiger partial charge < -0.3 is 24.4 Å². The normalized spacial score (nSPS) is 20.5. The molecule has 4 aromatic rings. The molecule has 1 aromatic carbocycles. The number of hydrogen-bond acceptors (Lipinski definition) is 10. The summed E-state index contributed by atoms with van der Waals surface area (Å²) in [5.74, 6) is -0.632. The fourth-order valence-corrected chi connectivity index (χ4v) is 6.26. The van der Waals surface area contributed by atoms with Crippen LogP contribution in [-0.2, 0) is 25.6 Å². The number of halogens is 3. The molecular weight excluding hydrogens is 638 g/mol. The minimum absolute atomic E-state index is 0.135. The molecule has 1 amide bonds. The van der Waals surface area contributed by atoms with Gasteiger partial charge in [-0.05, 0) is 51.0 Å². The van der Waals surface area contributed by atoms with E-state index < -0.39 is 12.0 Å². The quantitative estimate of drug-likeness (QED) is 0.242. The maximum absolute atomic E-state index is 14.0. The SMILES string of the molecule is CCOC(=O)C1(C)CCN(C(=O)Cn2cc(Nc3cnn4cccnc34)c(-c3cc(Cl)ccc3OC(F)F)n2)C(N2CCOCC2)C1. The number of anilines is 2. The van der Waals surface area contributed by atoms with E-state index in [4.69, 9.17) is 25.8 Å². The molecule has 0 spiro atoms. The van der Waals surface area contributed by atoms with Gasteiger partial charge in [-0.25, -0.2) is 9.50 Å². The molecule has 16 heteroatoms. The average molecular weight is 673 g/mol. The molecule has 13 nitrogen and oxygen atoms in total. The summed E-state index contributed by atoms with van der Waals surface area (Å²) in [4.78, 5) is 35.3. The van der Waals surface area contributed by atoms with E-state index in [0.29, 0.717) is 62.7 Å². The monoisotopic (exact) mass is 672 g/mol. The Labute approximate surface area is 274 Å². The third-order valence-corrected chi connectivity index (χ3v) is 8.71. The van der Waals surface area contributed by atoms with E-state index in [-0.39, 0.29) is 53.2 Å². The molecule has 2 atom stereocenters. The summed E-state index contributed by atoms with van der Waals surface area (Å²) in [7, 11) is 0. The van der Waals surface area contributed by atoms with E-state index in [0.717, 1.165) is 0 Å². The second kappa shape index (κ2) is 13.8. The molecule has 2 aliphatic rings. The number of piperidine rings is 1. The first-order valence-electron chi connectivity index (χ1n) is 15.3.